The summed E-state index contributed by atoms with van der Waals surface area (Å²) in [7, 11) is 0. The standard InChI is InChI=1S/C21H23N5O3/c1-3-8-25-17(22)15(20(27)23-12-14-7-5-10-29-14)11-16-19(25)24-18-13(2)6-4-9-26(18)21(16)28/h3-4,6,9,11,14,22H,1,5,7-8,10,12H2,2H3,(H,23,27)/t14-/m1/s1. The zero-order chi connectivity index (χ0) is 20.5. The van der Waals surface area contributed by atoms with Crippen molar-refractivity contribution in [3.05, 3.63) is 64.0 Å². The number of aromatic nitrogens is 3. The van der Waals surface area contributed by atoms with Crippen molar-refractivity contribution < 1.29 is 9.53 Å². The summed E-state index contributed by atoms with van der Waals surface area (Å²) in [5.74, 6) is -0.404. The Kier molecular flexibility index (Phi) is 5.02. The van der Waals surface area contributed by atoms with Crippen molar-refractivity contribution in [2.24, 2.45) is 0 Å². The molecule has 1 atom stereocenters. The second-order valence-corrected chi connectivity index (χ2v) is 7.19. The van der Waals surface area contributed by atoms with Crippen molar-refractivity contribution in [2.45, 2.75) is 32.4 Å². The summed E-state index contributed by atoms with van der Waals surface area (Å²) in [6.45, 7) is 6.96. The van der Waals surface area contributed by atoms with Crippen molar-refractivity contribution in [3.8, 4) is 0 Å². The van der Waals surface area contributed by atoms with E-state index in [9.17, 15) is 9.59 Å². The molecule has 0 saturated carbocycles. The van der Waals surface area contributed by atoms with Gasteiger partial charge < -0.3 is 14.6 Å². The van der Waals surface area contributed by atoms with Crippen LogP contribution in [0.15, 0.2) is 41.8 Å². The second kappa shape index (κ2) is 7.63. The smallest absolute Gasteiger partial charge is 0.267 e. The number of fused-ring (bicyclic) bond motifs is 2. The van der Waals surface area contributed by atoms with E-state index in [1.807, 2.05) is 13.0 Å². The number of carbonyl (C=O) groups is 1. The van der Waals surface area contributed by atoms with Gasteiger partial charge in [-0.15, -0.1) is 6.58 Å². The Bertz CT molecular complexity index is 1240. The van der Waals surface area contributed by atoms with Crippen LogP contribution in [0.3, 0.4) is 0 Å². The van der Waals surface area contributed by atoms with Gasteiger partial charge in [-0.2, -0.15) is 0 Å². The number of rotatable bonds is 5. The number of ether oxygens (including phenoxy) is 1. The van der Waals surface area contributed by atoms with E-state index in [0.717, 1.165) is 18.4 Å². The maximum Gasteiger partial charge on any atom is 0.267 e. The predicted molar refractivity (Wildman–Crippen MR) is 109 cm³/mol. The van der Waals surface area contributed by atoms with Crippen LogP contribution in [-0.4, -0.2) is 39.1 Å². The van der Waals surface area contributed by atoms with Crippen molar-refractivity contribution in [1.82, 2.24) is 19.3 Å². The number of pyridine rings is 2. The van der Waals surface area contributed by atoms with Gasteiger partial charge in [-0.05, 0) is 37.5 Å². The van der Waals surface area contributed by atoms with Crippen LogP contribution in [0.1, 0.15) is 28.8 Å². The molecule has 4 heterocycles. The predicted octanol–water partition coefficient (Wildman–Crippen LogP) is 1.53. The molecule has 8 nitrogen and oxygen atoms in total. The van der Waals surface area contributed by atoms with Crippen LogP contribution in [0, 0.1) is 12.3 Å². The van der Waals surface area contributed by atoms with Gasteiger partial charge >= 0.3 is 0 Å². The molecule has 0 aliphatic carbocycles. The molecule has 29 heavy (non-hydrogen) atoms. The molecule has 0 spiro atoms. The Morgan fingerprint density at radius 3 is 3.03 bits per heavy atom. The lowest BCUT2D eigenvalue weighted by Gasteiger charge is -2.15. The van der Waals surface area contributed by atoms with E-state index in [1.54, 1.807) is 18.3 Å². The second-order valence-electron chi connectivity index (χ2n) is 7.19. The first-order valence-corrected chi connectivity index (χ1v) is 9.62. The zero-order valence-electron chi connectivity index (χ0n) is 16.3. The van der Waals surface area contributed by atoms with Crippen LogP contribution < -0.4 is 16.4 Å². The third kappa shape index (κ3) is 3.36. The lowest BCUT2D eigenvalue weighted by molar-refractivity contribution is 0.0856. The van der Waals surface area contributed by atoms with E-state index in [1.165, 1.54) is 15.0 Å². The minimum absolute atomic E-state index is 0.00639. The molecule has 3 aromatic heterocycles. The summed E-state index contributed by atoms with van der Waals surface area (Å²) in [5, 5.41) is 11.7. The normalized spacial score (nSPS) is 16.4. The van der Waals surface area contributed by atoms with Crippen LogP contribution in [0.25, 0.3) is 16.7 Å². The molecule has 1 fully saturated rings. The molecule has 0 unspecified atom stereocenters. The largest absolute Gasteiger partial charge is 0.376 e. The number of carbonyl (C=O) groups excluding carboxylic acids is 1. The molecule has 0 bridgehead atoms. The first-order chi connectivity index (χ1) is 14.0. The quantitative estimate of drug-likeness (QED) is 0.507. The summed E-state index contributed by atoms with van der Waals surface area (Å²) in [5.41, 5.74) is 1.58. The SMILES string of the molecule is C=CCn1c(=N)c(C(=O)NC[C@H]2CCCO2)cc2c(=O)n3cccc(C)c3nc21. The minimum Gasteiger partial charge on any atom is -0.376 e. The molecule has 1 amide bonds. The third-order valence-electron chi connectivity index (χ3n) is 5.20. The van der Waals surface area contributed by atoms with Crippen LogP contribution >= 0.6 is 0 Å². The zero-order valence-corrected chi connectivity index (χ0v) is 16.3. The lowest BCUT2D eigenvalue weighted by atomic mass is 10.1. The summed E-state index contributed by atoms with van der Waals surface area (Å²) in [4.78, 5) is 30.6. The first-order valence-electron chi connectivity index (χ1n) is 9.62. The van der Waals surface area contributed by atoms with Crippen LogP contribution in [0.4, 0.5) is 0 Å². The van der Waals surface area contributed by atoms with Gasteiger partial charge in [0.2, 0.25) is 0 Å². The molecule has 4 rings (SSSR count). The van der Waals surface area contributed by atoms with Crippen molar-refractivity contribution in [2.75, 3.05) is 13.2 Å². The molecular weight excluding hydrogens is 370 g/mol. The van der Waals surface area contributed by atoms with Crippen molar-refractivity contribution >= 4 is 22.6 Å². The highest BCUT2D eigenvalue weighted by atomic mass is 16.5. The maximum atomic E-state index is 13.1. The van der Waals surface area contributed by atoms with Gasteiger partial charge in [-0.25, -0.2) is 4.98 Å². The van der Waals surface area contributed by atoms with E-state index in [4.69, 9.17) is 10.1 Å². The number of aryl methyl sites for hydroxylation is 1. The van der Waals surface area contributed by atoms with Crippen LogP contribution in [0.2, 0.25) is 0 Å². The van der Waals surface area contributed by atoms with Gasteiger partial charge in [0.05, 0.1) is 17.1 Å². The molecular formula is C21H23N5O3. The van der Waals surface area contributed by atoms with E-state index >= 15 is 0 Å². The number of hydrogen-bond acceptors (Lipinski definition) is 5. The molecule has 2 N–H and O–H groups in total. The lowest BCUT2D eigenvalue weighted by Crippen LogP contribution is -2.37. The molecule has 1 aliphatic heterocycles. The Labute approximate surface area is 167 Å². The fraction of sp³-hybridized carbons (Fsp3) is 0.333. The number of hydrogen-bond donors (Lipinski definition) is 2. The van der Waals surface area contributed by atoms with E-state index in [0.29, 0.717) is 24.4 Å². The minimum atomic E-state index is -0.404. The van der Waals surface area contributed by atoms with E-state index < -0.39 is 5.91 Å². The highest BCUT2D eigenvalue weighted by molar-refractivity contribution is 5.96. The number of nitrogens with zero attached hydrogens (tertiary/aromatic N) is 3. The highest BCUT2D eigenvalue weighted by Gasteiger charge is 2.20. The van der Waals surface area contributed by atoms with Gasteiger partial charge in [0.25, 0.3) is 11.5 Å². The molecule has 0 radical (unpaired) electrons. The van der Waals surface area contributed by atoms with E-state index in [2.05, 4.69) is 16.9 Å². The molecule has 8 heteroatoms. The van der Waals surface area contributed by atoms with Crippen LogP contribution in [0.5, 0.6) is 0 Å². The molecule has 1 aliphatic rings. The number of allylic oxidation sites excluding steroid dienone is 1. The summed E-state index contributed by atoms with van der Waals surface area (Å²) in [6, 6.07) is 5.12. The highest BCUT2D eigenvalue weighted by Crippen LogP contribution is 2.14. The Hall–Kier alpha value is -3.26. The fourth-order valence-corrected chi connectivity index (χ4v) is 3.68. The average Bonchev–Trinajstić information content (AvgIpc) is 3.23. The first kappa shape index (κ1) is 19.1. The maximum absolute atomic E-state index is 13.1. The van der Waals surface area contributed by atoms with Gasteiger partial charge in [-0.3, -0.25) is 19.4 Å². The Morgan fingerprint density at radius 2 is 2.31 bits per heavy atom. The van der Waals surface area contributed by atoms with Crippen molar-refractivity contribution in [1.29, 1.82) is 5.41 Å². The van der Waals surface area contributed by atoms with Gasteiger partial charge in [0.1, 0.15) is 16.8 Å². The monoisotopic (exact) mass is 393 g/mol. The van der Waals surface area contributed by atoms with Gasteiger partial charge in [0.15, 0.2) is 0 Å². The summed E-state index contributed by atoms with van der Waals surface area (Å²) in [6.07, 6.45) is 5.15. The Morgan fingerprint density at radius 1 is 1.48 bits per heavy atom. The molecule has 0 aromatic carbocycles. The van der Waals surface area contributed by atoms with E-state index in [-0.39, 0.29) is 34.6 Å². The summed E-state index contributed by atoms with van der Waals surface area (Å²) < 4.78 is 8.54. The third-order valence-corrected chi connectivity index (χ3v) is 5.20. The van der Waals surface area contributed by atoms with Crippen molar-refractivity contribution in [3.63, 3.8) is 0 Å². The number of nitrogens with one attached hydrogen (secondary N) is 2. The number of amides is 1. The fourth-order valence-electron chi connectivity index (χ4n) is 3.68. The van der Waals surface area contributed by atoms with Gasteiger partial charge in [-0.1, -0.05) is 12.1 Å². The molecule has 3 aromatic rings. The molecule has 1 saturated heterocycles. The van der Waals surface area contributed by atoms with Crippen LogP contribution in [-0.2, 0) is 11.3 Å². The molecule has 150 valence electrons. The Balaban J connectivity index is 1.88. The summed E-state index contributed by atoms with van der Waals surface area (Å²) >= 11 is 0. The average molecular weight is 393 g/mol. The topological polar surface area (TPSA) is 101 Å². The van der Waals surface area contributed by atoms with Gasteiger partial charge in [0, 0.05) is 25.9 Å².